The molecule has 10 heteroatoms. The van der Waals surface area contributed by atoms with Crippen LogP contribution in [0.1, 0.15) is 25.0 Å². The summed E-state index contributed by atoms with van der Waals surface area (Å²) in [6.07, 6.45) is 1.46. The Morgan fingerprint density at radius 3 is 2.59 bits per heavy atom. The number of anilines is 1. The Morgan fingerprint density at radius 2 is 1.97 bits per heavy atom. The van der Waals surface area contributed by atoms with E-state index in [1.165, 1.54) is 6.21 Å². The number of rotatable bonds is 9. The van der Waals surface area contributed by atoms with Crippen LogP contribution in [0, 0.1) is 10.1 Å². The second kappa shape index (κ2) is 10.9. The van der Waals surface area contributed by atoms with E-state index < -0.39 is 11.0 Å². The summed E-state index contributed by atoms with van der Waals surface area (Å²) in [4.78, 5) is 12.5. The topological polar surface area (TPSA) is 118 Å². The molecule has 2 aromatic carbocycles. The number of nitrogens with one attached hydrogen (secondary N) is 1. The van der Waals surface area contributed by atoms with Gasteiger partial charge in [-0.15, -0.1) is 0 Å². The molecule has 0 amide bonds. The van der Waals surface area contributed by atoms with E-state index in [0.29, 0.717) is 22.9 Å². The molecule has 0 aromatic heterocycles. The highest BCUT2D eigenvalue weighted by atomic mass is 35.5. The summed E-state index contributed by atoms with van der Waals surface area (Å²) < 4.78 is 6.01. The van der Waals surface area contributed by atoms with Gasteiger partial charge < -0.3 is 15.4 Å². The van der Waals surface area contributed by atoms with Crippen LogP contribution in [0.2, 0.25) is 5.02 Å². The first-order valence-electron chi connectivity index (χ1n) is 8.96. The summed E-state index contributed by atoms with van der Waals surface area (Å²) >= 11 is 5.92. The van der Waals surface area contributed by atoms with Crippen molar-refractivity contribution in [2.45, 2.75) is 20.5 Å². The lowest BCUT2D eigenvalue weighted by atomic mass is 10.1. The average Bonchev–Trinajstić information content (AvgIpc) is 2.69. The average molecular weight is 419 g/mol. The first-order valence-corrected chi connectivity index (χ1v) is 9.34. The van der Waals surface area contributed by atoms with Gasteiger partial charge in [0.1, 0.15) is 17.5 Å². The monoisotopic (exact) mass is 418 g/mol. The number of hydrazone groups is 2. The molecule has 0 fully saturated rings. The number of ether oxygens (including phenoxy) is 1. The minimum absolute atomic E-state index is 0.345. The van der Waals surface area contributed by atoms with Crippen molar-refractivity contribution in [1.82, 2.24) is 5.43 Å². The SMILES string of the molecule is CCN(CC)c1ccc(/C=N/N/C(N)=N/[N+](=O)[O-])c(OCc2ccc(Cl)cc2)c1. The van der Waals surface area contributed by atoms with Crippen LogP contribution >= 0.6 is 11.6 Å². The van der Waals surface area contributed by atoms with Gasteiger partial charge in [0, 0.05) is 35.4 Å². The molecule has 0 aliphatic heterocycles. The number of halogens is 1. The molecule has 0 spiro atoms. The Hall–Kier alpha value is -3.33. The zero-order valence-electron chi connectivity index (χ0n) is 16.2. The van der Waals surface area contributed by atoms with Crippen LogP contribution in [0.4, 0.5) is 5.69 Å². The van der Waals surface area contributed by atoms with Gasteiger partial charge in [-0.25, -0.2) is 15.5 Å². The summed E-state index contributed by atoms with van der Waals surface area (Å²) in [6.45, 7) is 6.22. The van der Waals surface area contributed by atoms with Crippen molar-refractivity contribution in [3.8, 4) is 5.75 Å². The van der Waals surface area contributed by atoms with Crippen molar-refractivity contribution in [1.29, 1.82) is 0 Å². The standard InChI is InChI=1S/C19H23ClN6O3/c1-3-25(4-2)17-10-7-15(12-22-23-19(21)24-26(27)28)18(11-17)29-13-14-5-8-16(20)9-6-14/h5-12H,3-4,13H2,1-2H3,(H3,21,23,24)/b22-12+. The van der Waals surface area contributed by atoms with E-state index in [1.54, 1.807) is 12.1 Å². The van der Waals surface area contributed by atoms with Crippen LogP contribution in [0.15, 0.2) is 52.7 Å². The molecule has 0 atom stereocenters. The van der Waals surface area contributed by atoms with Crippen LogP contribution < -0.4 is 20.8 Å². The molecule has 29 heavy (non-hydrogen) atoms. The molecule has 3 N–H and O–H groups in total. The van der Waals surface area contributed by atoms with E-state index in [9.17, 15) is 10.1 Å². The predicted octanol–water partition coefficient (Wildman–Crippen LogP) is 3.20. The Morgan fingerprint density at radius 1 is 1.28 bits per heavy atom. The normalized spacial score (nSPS) is 11.5. The number of nitro groups is 1. The lowest BCUT2D eigenvalue weighted by molar-refractivity contribution is -0.485. The van der Waals surface area contributed by atoms with E-state index in [1.807, 2.05) is 30.3 Å². The summed E-state index contributed by atoms with van der Waals surface area (Å²) in [5.41, 5.74) is 10.3. The van der Waals surface area contributed by atoms with Gasteiger partial charge in [-0.3, -0.25) is 0 Å². The Balaban J connectivity index is 2.23. The number of nitrogens with two attached hydrogens (primary N) is 1. The summed E-state index contributed by atoms with van der Waals surface area (Å²) in [5, 5.41) is 16.9. The van der Waals surface area contributed by atoms with Gasteiger partial charge in [-0.2, -0.15) is 5.10 Å². The van der Waals surface area contributed by atoms with Crippen LogP contribution in [0.25, 0.3) is 0 Å². The zero-order chi connectivity index (χ0) is 21.2. The van der Waals surface area contributed by atoms with Crippen molar-refractivity contribution in [2.75, 3.05) is 18.0 Å². The van der Waals surface area contributed by atoms with E-state index in [0.717, 1.165) is 24.3 Å². The molecule has 0 saturated carbocycles. The van der Waals surface area contributed by atoms with Crippen LogP contribution in [0.5, 0.6) is 5.75 Å². The molecule has 2 aromatic rings. The molecule has 9 nitrogen and oxygen atoms in total. The number of hydrogen-bond donors (Lipinski definition) is 2. The van der Waals surface area contributed by atoms with Crippen molar-refractivity contribution in [3.63, 3.8) is 0 Å². The molecular weight excluding hydrogens is 396 g/mol. The Bertz CT molecular complexity index is 882. The fourth-order valence-electron chi connectivity index (χ4n) is 2.56. The maximum absolute atomic E-state index is 10.3. The Labute approximate surface area is 173 Å². The van der Waals surface area contributed by atoms with Gasteiger partial charge >= 0.3 is 0 Å². The van der Waals surface area contributed by atoms with Crippen molar-refractivity contribution in [3.05, 3.63) is 68.7 Å². The van der Waals surface area contributed by atoms with Crippen LogP contribution in [-0.4, -0.2) is 30.3 Å². The second-order valence-electron chi connectivity index (χ2n) is 5.90. The molecule has 0 unspecified atom stereocenters. The highest BCUT2D eigenvalue weighted by Crippen LogP contribution is 2.26. The first-order chi connectivity index (χ1) is 13.9. The number of hydrogen-bond acceptors (Lipinski definition) is 5. The van der Waals surface area contributed by atoms with Gasteiger partial charge in [-0.05, 0) is 43.7 Å². The molecule has 0 heterocycles. The largest absolute Gasteiger partial charge is 0.488 e. The second-order valence-corrected chi connectivity index (χ2v) is 6.34. The molecule has 0 saturated heterocycles. The lowest BCUT2D eigenvalue weighted by Crippen LogP contribution is -2.28. The van der Waals surface area contributed by atoms with Crippen molar-refractivity contribution in [2.24, 2.45) is 15.9 Å². The minimum atomic E-state index is -0.905. The van der Waals surface area contributed by atoms with E-state index >= 15 is 0 Å². The summed E-state index contributed by atoms with van der Waals surface area (Å²) in [6, 6.07) is 13.1. The first kappa shape index (κ1) is 22.0. The van der Waals surface area contributed by atoms with E-state index in [-0.39, 0.29) is 0 Å². The third-order valence-electron chi connectivity index (χ3n) is 4.01. The van der Waals surface area contributed by atoms with E-state index in [4.69, 9.17) is 22.1 Å². The number of benzene rings is 2. The Kier molecular flexibility index (Phi) is 8.23. The van der Waals surface area contributed by atoms with Crippen LogP contribution in [0.3, 0.4) is 0 Å². The van der Waals surface area contributed by atoms with Crippen LogP contribution in [-0.2, 0) is 6.61 Å². The molecule has 0 aliphatic carbocycles. The minimum Gasteiger partial charge on any atom is -0.488 e. The number of guanidine groups is 1. The van der Waals surface area contributed by atoms with Gasteiger partial charge in [-0.1, -0.05) is 23.7 Å². The third kappa shape index (κ3) is 6.96. The zero-order valence-corrected chi connectivity index (χ0v) is 17.0. The number of nitrogens with zero attached hydrogens (tertiary/aromatic N) is 4. The van der Waals surface area contributed by atoms with Crippen molar-refractivity contribution >= 4 is 29.5 Å². The molecule has 0 radical (unpaired) electrons. The fourth-order valence-corrected chi connectivity index (χ4v) is 2.69. The smallest absolute Gasteiger partial charge is 0.286 e. The lowest BCUT2D eigenvalue weighted by Gasteiger charge is -2.22. The maximum Gasteiger partial charge on any atom is 0.286 e. The highest BCUT2D eigenvalue weighted by molar-refractivity contribution is 6.30. The fraction of sp³-hybridized carbons (Fsp3) is 0.263. The maximum atomic E-state index is 10.3. The molecule has 0 aliphatic rings. The molecular formula is C19H23ClN6O3. The summed E-state index contributed by atoms with van der Waals surface area (Å²) in [7, 11) is 0. The summed E-state index contributed by atoms with van der Waals surface area (Å²) in [5.74, 6) is 0.189. The predicted molar refractivity (Wildman–Crippen MR) is 115 cm³/mol. The van der Waals surface area contributed by atoms with Gasteiger partial charge in [0.2, 0.25) is 0 Å². The highest BCUT2D eigenvalue weighted by Gasteiger charge is 2.09. The van der Waals surface area contributed by atoms with Gasteiger partial charge in [0.25, 0.3) is 5.96 Å². The van der Waals surface area contributed by atoms with Gasteiger partial charge in [0.05, 0.1) is 6.21 Å². The van der Waals surface area contributed by atoms with Crippen molar-refractivity contribution < 1.29 is 9.77 Å². The van der Waals surface area contributed by atoms with E-state index in [2.05, 4.69) is 34.4 Å². The molecule has 154 valence electrons. The van der Waals surface area contributed by atoms with Gasteiger partial charge in [0.15, 0.2) is 5.03 Å². The third-order valence-corrected chi connectivity index (χ3v) is 4.26. The molecule has 0 bridgehead atoms. The molecule has 2 rings (SSSR count). The quantitative estimate of drug-likeness (QED) is 0.279.